The van der Waals surface area contributed by atoms with Gasteiger partial charge >= 0.3 is 0 Å². The van der Waals surface area contributed by atoms with Crippen molar-refractivity contribution in [2.24, 2.45) is 23.7 Å². The summed E-state index contributed by atoms with van der Waals surface area (Å²) in [5.74, 6) is 5.06. The minimum absolute atomic E-state index is 0.0234. The van der Waals surface area contributed by atoms with Gasteiger partial charge in [0.25, 0.3) is 0 Å². The van der Waals surface area contributed by atoms with Crippen molar-refractivity contribution in [3.05, 3.63) is 186 Å². The van der Waals surface area contributed by atoms with Crippen LogP contribution in [0.1, 0.15) is 73.8 Å². The first-order valence-corrected chi connectivity index (χ1v) is 22.8. The maximum absolute atomic E-state index is 9.76. The molecular weight excluding hydrogens is 765 g/mol. The zero-order chi connectivity index (χ0) is 42.0. The van der Waals surface area contributed by atoms with Crippen LogP contribution in [0.3, 0.4) is 0 Å². The highest BCUT2D eigenvalue weighted by atomic mass is 15.0. The predicted molar refractivity (Wildman–Crippen MR) is 253 cm³/mol. The van der Waals surface area contributed by atoms with Gasteiger partial charge in [0.15, 0.2) is 17.5 Å². The number of benzene rings is 7. The van der Waals surface area contributed by atoms with E-state index in [4.69, 9.17) is 15.0 Å². The van der Waals surface area contributed by atoms with Crippen LogP contribution in [0.4, 0.5) is 0 Å². The highest BCUT2D eigenvalue weighted by Crippen LogP contribution is 2.70. The van der Waals surface area contributed by atoms with E-state index in [1.54, 1.807) is 11.1 Å². The number of fused-ring (bicyclic) bond motifs is 6. The first-order chi connectivity index (χ1) is 30.9. The Morgan fingerprint density at radius 1 is 0.429 bits per heavy atom. The topological polar surface area (TPSA) is 62.5 Å². The second kappa shape index (κ2) is 13.5. The molecule has 0 aliphatic heterocycles. The molecule has 1 aromatic heterocycles. The second-order valence-corrected chi connectivity index (χ2v) is 19.5. The molecule has 6 aliphatic carbocycles. The molecule has 7 aromatic carbocycles. The fourth-order valence-corrected chi connectivity index (χ4v) is 13.4. The zero-order valence-corrected chi connectivity index (χ0v) is 35.6. The maximum Gasteiger partial charge on any atom is 0.164 e. The molecule has 0 unspecified atom stereocenters. The molecule has 1 heterocycles. The molecule has 0 atom stereocenters. The molecule has 4 bridgehead atoms. The Hall–Kier alpha value is -6.96. The van der Waals surface area contributed by atoms with E-state index in [0.717, 1.165) is 34.1 Å². The van der Waals surface area contributed by atoms with E-state index in [0.29, 0.717) is 29.3 Å². The van der Waals surface area contributed by atoms with Crippen molar-refractivity contribution in [2.45, 2.75) is 56.8 Å². The maximum atomic E-state index is 9.76. The van der Waals surface area contributed by atoms with E-state index in [9.17, 15) is 5.26 Å². The summed E-state index contributed by atoms with van der Waals surface area (Å²) in [5.41, 5.74) is 19.7. The smallest absolute Gasteiger partial charge is 0.164 e. The monoisotopic (exact) mass is 810 g/mol. The van der Waals surface area contributed by atoms with E-state index >= 15 is 0 Å². The number of rotatable bonds is 5. The SMILES string of the molecule is CC1(C)c2ccc(-c3cccc4c3-c3ccc(-c5ccc(-c6nc(-c7ccccc7)nc(-c7ccccc7)n6)cc5)cc3C43C4CC5CC(C4)CC3C5)cc2-c2ccc(C#N)cc21. The van der Waals surface area contributed by atoms with Crippen molar-refractivity contribution in [3.8, 4) is 84.7 Å². The highest BCUT2D eigenvalue weighted by molar-refractivity contribution is 5.96. The molecule has 302 valence electrons. The van der Waals surface area contributed by atoms with Gasteiger partial charge in [-0.2, -0.15) is 5.26 Å². The van der Waals surface area contributed by atoms with E-state index in [1.807, 2.05) is 42.5 Å². The van der Waals surface area contributed by atoms with Gasteiger partial charge in [0.1, 0.15) is 0 Å². The Morgan fingerprint density at radius 2 is 1.00 bits per heavy atom. The summed E-state index contributed by atoms with van der Waals surface area (Å²) in [6.07, 6.45) is 6.79. The van der Waals surface area contributed by atoms with Gasteiger partial charge in [0, 0.05) is 27.5 Å². The Morgan fingerprint density at radius 3 is 1.63 bits per heavy atom. The van der Waals surface area contributed by atoms with Gasteiger partial charge < -0.3 is 0 Å². The fourth-order valence-electron chi connectivity index (χ4n) is 13.4. The second-order valence-electron chi connectivity index (χ2n) is 19.5. The number of hydrogen-bond acceptors (Lipinski definition) is 4. The number of nitrogens with zero attached hydrogens (tertiary/aromatic N) is 4. The quantitative estimate of drug-likeness (QED) is 0.174. The summed E-state index contributed by atoms with van der Waals surface area (Å²) in [7, 11) is 0. The first-order valence-electron chi connectivity index (χ1n) is 22.8. The average Bonchev–Trinajstić information content (AvgIpc) is 3.75. The van der Waals surface area contributed by atoms with Gasteiger partial charge in [-0.1, -0.05) is 147 Å². The summed E-state index contributed by atoms with van der Waals surface area (Å²) >= 11 is 0. The Kier molecular flexibility index (Phi) is 7.87. The van der Waals surface area contributed by atoms with E-state index in [1.165, 1.54) is 87.7 Å². The third-order valence-electron chi connectivity index (χ3n) is 16.0. The highest BCUT2D eigenvalue weighted by Gasteiger charge is 2.62. The molecular formula is C59H46N4. The predicted octanol–water partition coefficient (Wildman–Crippen LogP) is 14.1. The standard InChI is InChI=1S/C59H46N4/c1-58(2)50-25-22-43(32-49(50)47-23-16-35(34-60)31-52(47)58)46-14-9-15-51-54(46)48-24-21-42(33-53(48)59(51)44-27-36-26-37(29-44)30-45(59)28-36)38-17-19-41(20-18-38)57-62-55(39-10-5-3-6-11-39)61-56(63-57)40-12-7-4-8-13-40/h3-25,31-33,36-37,44-45H,26-30H2,1-2H3. The first kappa shape index (κ1) is 36.7. The summed E-state index contributed by atoms with van der Waals surface area (Å²) in [6.45, 7) is 4.60. The van der Waals surface area contributed by atoms with Crippen LogP contribution in [0.15, 0.2) is 158 Å². The van der Waals surface area contributed by atoms with Crippen molar-refractivity contribution in [2.75, 3.05) is 0 Å². The van der Waals surface area contributed by atoms with E-state index in [2.05, 4.69) is 135 Å². The minimum atomic E-state index is -0.165. The van der Waals surface area contributed by atoms with Gasteiger partial charge in [-0.25, -0.2) is 15.0 Å². The van der Waals surface area contributed by atoms with Crippen LogP contribution < -0.4 is 0 Å². The van der Waals surface area contributed by atoms with E-state index in [-0.39, 0.29) is 10.8 Å². The largest absolute Gasteiger partial charge is 0.208 e. The number of hydrogen-bond donors (Lipinski definition) is 0. The Balaban J connectivity index is 0.931. The minimum Gasteiger partial charge on any atom is -0.208 e. The lowest BCUT2D eigenvalue weighted by atomic mass is 9.43. The van der Waals surface area contributed by atoms with E-state index < -0.39 is 0 Å². The van der Waals surface area contributed by atoms with Crippen molar-refractivity contribution < 1.29 is 0 Å². The third kappa shape index (κ3) is 5.36. The van der Waals surface area contributed by atoms with Crippen molar-refractivity contribution in [1.82, 2.24) is 15.0 Å². The summed E-state index contributed by atoms with van der Waals surface area (Å²) in [5, 5.41) is 9.76. The average molecular weight is 811 g/mol. The molecule has 6 aliphatic rings. The molecule has 4 fully saturated rings. The lowest BCUT2D eigenvalue weighted by Gasteiger charge is -2.61. The normalized spacial score (nSPS) is 22.6. The van der Waals surface area contributed by atoms with Crippen molar-refractivity contribution >= 4 is 0 Å². The van der Waals surface area contributed by atoms with Gasteiger partial charge in [-0.3, -0.25) is 0 Å². The third-order valence-corrected chi connectivity index (χ3v) is 16.0. The lowest BCUT2D eigenvalue weighted by Crippen LogP contribution is -2.55. The molecule has 1 spiro atoms. The van der Waals surface area contributed by atoms with Gasteiger partial charge in [-0.05, 0) is 147 Å². The Bertz CT molecular complexity index is 3130. The molecule has 63 heavy (non-hydrogen) atoms. The van der Waals surface area contributed by atoms with Crippen LogP contribution in [0.25, 0.3) is 78.7 Å². The van der Waals surface area contributed by atoms with Crippen LogP contribution in [0.2, 0.25) is 0 Å². The molecule has 4 nitrogen and oxygen atoms in total. The summed E-state index contributed by atoms with van der Waals surface area (Å²) < 4.78 is 0. The van der Waals surface area contributed by atoms with Crippen molar-refractivity contribution in [3.63, 3.8) is 0 Å². The van der Waals surface area contributed by atoms with Crippen LogP contribution in [-0.4, -0.2) is 15.0 Å². The molecule has 0 radical (unpaired) electrons. The lowest BCUT2D eigenvalue weighted by molar-refractivity contribution is -0.0399. The molecule has 0 N–H and O–H groups in total. The Labute approximate surface area is 369 Å². The van der Waals surface area contributed by atoms with Crippen LogP contribution in [0, 0.1) is 35.0 Å². The molecule has 4 saturated carbocycles. The van der Waals surface area contributed by atoms with Gasteiger partial charge in [0.05, 0.1) is 11.6 Å². The fraction of sp³-hybridized carbons (Fsp3) is 0.220. The van der Waals surface area contributed by atoms with Crippen molar-refractivity contribution in [1.29, 1.82) is 5.26 Å². The number of nitriles is 1. The number of aromatic nitrogens is 3. The molecule has 4 heteroatoms. The molecule has 14 rings (SSSR count). The summed E-state index contributed by atoms with van der Waals surface area (Å²) in [6, 6.07) is 59.7. The zero-order valence-electron chi connectivity index (χ0n) is 35.6. The molecule has 0 saturated heterocycles. The van der Waals surface area contributed by atoms with Gasteiger partial charge in [0.2, 0.25) is 0 Å². The summed E-state index contributed by atoms with van der Waals surface area (Å²) in [4.78, 5) is 14.9. The van der Waals surface area contributed by atoms with Crippen LogP contribution in [-0.2, 0) is 10.8 Å². The molecule has 8 aromatic rings. The van der Waals surface area contributed by atoms with Crippen LogP contribution in [0.5, 0.6) is 0 Å². The van der Waals surface area contributed by atoms with Gasteiger partial charge in [-0.15, -0.1) is 0 Å². The molecule has 0 amide bonds. The van der Waals surface area contributed by atoms with Crippen LogP contribution >= 0.6 is 0 Å².